The number of terminal acetylenes is 1. The fraction of sp³-hybridized carbons (Fsp3) is 0.100. The first kappa shape index (κ1) is 9.27. The van der Waals surface area contributed by atoms with Crippen LogP contribution in [0.1, 0.15) is 10.4 Å². The first-order valence-electron chi connectivity index (χ1n) is 3.59. The minimum Gasteiger partial charge on any atom is -0.480 e. The monoisotopic (exact) mass is 178 g/mol. The van der Waals surface area contributed by atoms with Crippen molar-refractivity contribution in [1.29, 1.82) is 0 Å². The summed E-state index contributed by atoms with van der Waals surface area (Å²) in [6.07, 6.45) is 5.35. The van der Waals surface area contributed by atoms with E-state index in [0.717, 1.165) is 0 Å². The number of hydrogen-bond acceptors (Lipinski definition) is 2. The Hall–Kier alpha value is -1.82. The molecule has 0 aliphatic carbocycles. The maximum Gasteiger partial charge on any atom is 0.156 e. The summed E-state index contributed by atoms with van der Waals surface area (Å²) in [7, 11) is 0. The lowest BCUT2D eigenvalue weighted by Crippen LogP contribution is -1.99. The van der Waals surface area contributed by atoms with E-state index < -0.39 is 5.82 Å². The fourth-order valence-corrected chi connectivity index (χ4v) is 0.877. The predicted molar refractivity (Wildman–Crippen MR) is 46.1 cm³/mol. The van der Waals surface area contributed by atoms with Gasteiger partial charge in [-0.05, 0) is 12.1 Å². The molecule has 0 spiro atoms. The molecule has 2 nitrogen and oxygen atoms in total. The Labute approximate surface area is 75.3 Å². The summed E-state index contributed by atoms with van der Waals surface area (Å²) in [5.41, 5.74) is -0.0993. The van der Waals surface area contributed by atoms with Crippen molar-refractivity contribution < 1.29 is 13.9 Å². The van der Waals surface area contributed by atoms with Crippen molar-refractivity contribution in [3.05, 3.63) is 29.6 Å². The van der Waals surface area contributed by atoms with Crippen LogP contribution in [0.4, 0.5) is 4.39 Å². The number of halogens is 1. The molecule has 0 heterocycles. The smallest absolute Gasteiger partial charge is 0.156 e. The molecule has 1 aromatic carbocycles. The number of ether oxygens (including phenoxy) is 1. The molecule has 1 aromatic rings. The highest BCUT2D eigenvalue weighted by atomic mass is 19.1. The molecule has 0 aliphatic rings. The van der Waals surface area contributed by atoms with Crippen LogP contribution in [0.3, 0.4) is 0 Å². The summed E-state index contributed by atoms with van der Waals surface area (Å²) in [6, 6.07) is 4.13. The van der Waals surface area contributed by atoms with Gasteiger partial charge in [0.2, 0.25) is 0 Å². The standard InChI is InChI=1S/C10H7FO2/c1-2-6-13-10-5-3-4-9(11)8(10)7-12/h1,3-5,7H,6H2. The number of benzene rings is 1. The highest BCUT2D eigenvalue weighted by Crippen LogP contribution is 2.18. The van der Waals surface area contributed by atoms with Gasteiger partial charge in [0, 0.05) is 0 Å². The summed E-state index contributed by atoms with van der Waals surface area (Å²) in [5, 5.41) is 0. The van der Waals surface area contributed by atoms with Crippen molar-refractivity contribution in [3.8, 4) is 18.1 Å². The zero-order chi connectivity index (χ0) is 9.68. The molecule has 0 aliphatic heterocycles. The average molecular weight is 178 g/mol. The zero-order valence-electron chi connectivity index (χ0n) is 6.79. The first-order valence-corrected chi connectivity index (χ1v) is 3.59. The normalized spacial score (nSPS) is 8.92. The topological polar surface area (TPSA) is 26.3 Å². The van der Waals surface area contributed by atoms with E-state index in [1.165, 1.54) is 18.2 Å². The van der Waals surface area contributed by atoms with Crippen LogP contribution in [0, 0.1) is 18.2 Å². The lowest BCUT2D eigenvalue weighted by molar-refractivity contribution is 0.111. The van der Waals surface area contributed by atoms with Crippen LogP contribution in [0.25, 0.3) is 0 Å². The summed E-state index contributed by atoms with van der Waals surface area (Å²) in [6.45, 7) is 0.0181. The molecule has 13 heavy (non-hydrogen) atoms. The van der Waals surface area contributed by atoms with Crippen LogP contribution in [-0.4, -0.2) is 12.9 Å². The van der Waals surface area contributed by atoms with Gasteiger partial charge in [-0.3, -0.25) is 4.79 Å². The van der Waals surface area contributed by atoms with Crippen LogP contribution in [0.2, 0.25) is 0 Å². The number of carbonyl (C=O) groups is 1. The molecular weight excluding hydrogens is 171 g/mol. The maximum absolute atomic E-state index is 12.9. The third kappa shape index (κ3) is 2.06. The number of rotatable bonds is 3. The van der Waals surface area contributed by atoms with Gasteiger partial charge in [0.25, 0.3) is 0 Å². The van der Waals surface area contributed by atoms with Gasteiger partial charge in [0.1, 0.15) is 18.2 Å². The highest BCUT2D eigenvalue weighted by Gasteiger charge is 2.07. The van der Waals surface area contributed by atoms with Crippen molar-refractivity contribution >= 4 is 6.29 Å². The van der Waals surface area contributed by atoms with Crippen LogP contribution >= 0.6 is 0 Å². The lowest BCUT2D eigenvalue weighted by atomic mass is 10.2. The van der Waals surface area contributed by atoms with Crippen LogP contribution < -0.4 is 4.74 Å². The number of hydrogen-bond donors (Lipinski definition) is 0. The third-order valence-electron chi connectivity index (χ3n) is 1.44. The molecule has 0 N–H and O–H groups in total. The summed E-state index contributed by atoms with van der Waals surface area (Å²) < 4.78 is 17.9. The molecule has 0 saturated carbocycles. The van der Waals surface area contributed by atoms with Gasteiger partial charge in [-0.15, -0.1) is 6.42 Å². The van der Waals surface area contributed by atoms with Crippen LogP contribution in [0.5, 0.6) is 5.75 Å². The van der Waals surface area contributed by atoms with Gasteiger partial charge in [0.15, 0.2) is 6.29 Å². The first-order chi connectivity index (χ1) is 6.29. The van der Waals surface area contributed by atoms with E-state index in [0.29, 0.717) is 6.29 Å². The largest absolute Gasteiger partial charge is 0.480 e. The molecule has 0 atom stereocenters. The van der Waals surface area contributed by atoms with E-state index in [9.17, 15) is 9.18 Å². The van der Waals surface area contributed by atoms with Crippen molar-refractivity contribution in [2.45, 2.75) is 0 Å². The molecule has 0 aromatic heterocycles. The Morgan fingerprint density at radius 2 is 2.38 bits per heavy atom. The summed E-state index contributed by atoms with van der Waals surface area (Å²) >= 11 is 0. The van der Waals surface area contributed by atoms with Crippen LogP contribution in [0.15, 0.2) is 18.2 Å². The second kappa shape index (κ2) is 4.27. The molecule has 0 unspecified atom stereocenters. The molecule has 1 rings (SSSR count). The molecule has 0 radical (unpaired) electrons. The Morgan fingerprint density at radius 3 is 3.00 bits per heavy atom. The van der Waals surface area contributed by atoms with Crippen molar-refractivity contribution in [2.24, 2.45) is 0 Å². The second-order valence-electron chi connectivity index (χ2n) is 2.26. The average Bonchev–Trinajstić information content (AvgIpc) is 2.15. The van der Waals surface area contributed by atoms with Gasteiger partial charge in [-0.2, -0.15) is 0 Å². The van der Waals surface area contributed by atoms with Crippen molar-refractivity contribution in [2.75, 3.05) is 6.61 Å². The SMILES string of the molecule is C#CCOc1cccc(F)c1C=O. The summed E-state index contributed by atoms with van der Waals surface area (Å²) in [4.78, 5) is 10.4. The maximum atomic E-state index is 12.9. The molecule has 0 fully saturated rings. The van der Waals surface area contributed by atoms with Gasteiger partial charge in [-0.25, -0.2) is 4.39 Å². The molecule has 0 amide bonds. The zero-order valence-corrected chi connectivity index (χ0v) is 6.79. The molecule has 66 valence electrons. The summed E-state index contributed by atoms with van der Waals surface area (Å²) in [5.74, 6) is 1.79. The third-order valence-corrected chi connectivity index (χ3v) is 1.44. The van der Waals surface area contributed by atoms with E-state index >= 15 is 0 Å². The minimum absolute atomic E-state index is 0.0181. The van der Waals surface area contributed by atoms with E-state index in [1.54, 1.807) is 0 Å². The molecule has 0 saturated heterocycles. The van der Waals surface area contributed by atoms with Gasteiger partial charge < -0.3 is 4.74 Å². The Bertz CT molecular complexity index is 352. The number of aldehydes is 1. The van der Waals surface area contributed by atoms with Crippen molar-refractivity contribution in [3.63, 3.8) is 0 Å². The van der Waals surface area contributed by atoms with E-state index in [4.69, 9.17) is 11.2 Å². The quantitative estimate of drug-likeness (QED) is 0.519. The fourth-order valence-electron chi connectivity index (χ4n) is 0.877. The molecular formula is C10H7FO2. The number of carbonyl (C=O) groups excluding carboxylic acids is 1. The predicted octanol–water partition coefficient (Wildman–Crippen LogP) is 1.65. The Balaban J connectivity index is 2.99. The van der Waals surface area contributed by atoms with Crippen molar-refractivity contribution in [1.82, 2.24) is 0 Å². The molecule has 0 bridgehead atoms. The highest BCUT2D eigenvalue weighted by molar-refractivity contribution is 5.79. The van der Waals surface area contributed by atoms with Gasteiger partial charge in [-0.1, -0.05) is 12.0 Å². The van der Waals surface area contributed by atoms with E-state index in [-0.39, 0.29) is 17.9 Å². The lowest BCUT2D eigenvalue weighted by Gasteiger charge is -2.04. The van der Waals surface area contributed by atoms with Crippen LogP contribution in [-0.2, 0) is 0 Å². The Kier molecular flexibility index (Phi) is 3.04. The minimum atomic E-state index is -0.607. The molecule has 3 heteroatoms. The Morgan fingerprint density at radius 1 is 1.62 bits per heavy atom. The van der Waals surface area contributed by atoms with Gasteiger partial charge >= 0.3 is 0 Å². The van der Waals surface area contributed by atoms with Gasteiger partial charge in [0.05, 0.1) is 5.56 Å². The van der Waals surface area contributed by atoms with E-state index in [1.807, 2.05) is 0 Å². The second-order valence-corrected chi connectivity index (χ2v) is 2.26. The van der Waals surface area contributed by atoms with E-state index in [2.05, 4.69) is 5.92 Å².